The van der Waals surface area contributed by atoms with Crippen LogP contribution in [-0.4, -0.2) is 35.0 Å². The van der Waals surface area contributed by atoms with Crippen molar-refractivity contribution in [2.45, 2.75) is 19.8 Å². The molecule has 0 heterocycles. The van der Waals surface area contributed by atoms with Crippen LogP contribution in [0.1, 0.15) is 25.3 Å². The summed E-state index contributed by atoms with van der Waals surface area (Å²) in [5.41, 5.74) is 7.96. The minimum absolute atomic E-state index is 0.0226. The summed E-state index contributed by atoms with van der Waals surface area (Å²) in [6, 6.07) is 3.96. The zero-order valence-electron chi connectivity index (χ0n) is 13.7. The van der Waals surface area contributed by atoms with Gasteiger partial charge in [-0.3, -0.25) is 14.9 Å². The molecule has 2 rings (SSSR count). The van der Waals surface area contributed by atoms with Crippen LogP contribution in [0.3, 0.4) is 0 Å². The van der Waals surface area contributed by atoms with E-state index in [2.05, 4.69) is 0 Å². The Kier molecular flexibility index (Phi) is 5.13. The first kappa shape index (κ1) is 17.4. The summed E-state index contributed by atoms with van der Waals surface area (Å²) in [6.07, 6.45) is 5.54. The van der Waals surface area contributed by atoms with Crippen LogP contribution in [0.5, 0.6) is 0 Å². The molecular formula is C17H20N4O3. The van der Waals surface area contributed by atoms with Gasteiger partial charge in [-0.05, 0) is 25.8 Å². The average Bonchev–Trinajstić information content (AvgIpc) is 2.54. The van der Waals surface area contributed by atoms with Gasteiger partial charge in [-0.1, -0.05) is 17.7 Å². The highest BCUT2D eigenvalue weighted by Gasteiger charge is 2.20. The molecule has 1 aromatic carbocycles. The van der Waals surface area contributed by atoms with Crippen molar-refractivity contribution in [1.82, 2.24) is 4.90 Å². The molecule has 0 aliphatic heterocycles. The molecule has 7 nitrogen and oxygen atoms in total. The summed E-state index contributed by atoms with van der Waals surface area (Å²) in [5, 5.41) is 19.0. The van der Waals surface area contributed by atoms with E-state index in [1.54, 1.807) is 7.05 Å². The summed E-state index contributed by atoms with van der Waals surface area (Å²) in [5.74, 6) is -0.169. The van der Waals surface area contributed by atoms with E-state index >= 15 is 0 Å². The van der Waals surface area contributed by atoms with E-state index in [0.29, 0.717) is 5.57 Å². The van der Waals surface area contributed by atoms with Gasteiger partial charge in [0.2, 0.25) is 0 Å². The lowest BCUT2D eigenvalue weighted by Gasteiger charge is -2.21. The fraction of sp³-hybridized carbons (Fsp3) is 0.294. The maximum atomic E-state index is 12.5. The van der Waals surface area contributed by atoms with Crippen LogP contribution in [0.2, 0.25) is 0 Å². The second-order valence-electron chi connectivity index (χ2n) is 5.80. The largest absolute Gasteiger partial charge is 0.398 e. The SMILES string of the molecule is CC1=C(C(=O)N(C)CC(=N)c2cc([N+](=O)[O-])ccc2N)C=CCC1. The van der Waals surface area contributed by atoms with Crippen LogP contribution < -0.4 is 5.73 Å². The summed E-state index contributed by atoms with van der Waals surface area (Å²) in [4.78, 5) is 24.3. The maximum Gasteiger partial charge on any atom is 0.270 e. The molecular weight excluding hydrogens is 308 g/mol. The monoisotopic (exact) mass is 328 g/mol. The second-order valence-corrected chi connectivity index (χ2v) is 5.80. The van der Waals surface area contributed by atoms with E-state index in [-0.39, 0.29) is 35.1 Å². The molecule has 1 aromatic rings. The molecule has 0 unspecified atom stereocenters. The Balaban J connectivity index is 2.17. The van der Waals surface area contributed by atoms with Gasteiger partial charge < -0.3 is 16.0 Å². The number of hydrogen-bond acceptors (Lipinski definition) is 5. The van der Waals surface area contributed by atoms with Crippen molar-refractivity contribution in [1.29, 1.82) is 5.41 Å². The molecule has 1 aliphatic carbocycles. The molecule has 24 heavy (non-hydrogen) atoms. The van der Waals surface area contributed by atoms with Gasteiger partial charge >= 0.3 is 0 Å². The van der Waals surface area contributed by atoms with Crippen molar-refractivity contribution in [2.24, 2.45) is 0 Å². The zero-order chi connectivity index (χ0) is 17.9. The molecule has 126 valence electrons. The standard InChI is InChI=1S/C17H20N4O3/c1-11-5-3-4-6-13(11)17(22)20(2)10-16(19)14-9-12(21(23)24)7-8-15(14)18/h4,6-9,19H,3,5,10,18H2,1-2H3. The average molecular weight is 328 g/mol. The minimum atomic E-state index is -0.536. The number of likely N-dealkylation sites (N-methyl/N-ethyl adjacent to an activating group) is 1. The molecule has 0 bridgehead atoms. The maximum absolute atomic E-state index is 12.5. The van der Waals surface area contributed by atoms with Crippen LogP contribution >= 0.6 is 0 Å². The Morgan fingerprint density at radius 3 is 2.79 bits per heavy atom. The van der Waals surface area contributed by atoms with Crippen molar-refractivity contribution in [3.8, 4) is 0 Å². The highest BCUT2D eigenvalue weighted by Crippen LogP contribution is 2.22. The number of non-ortho nitro benzene ring substituents is 1. The van der Waals surface area contributed by atoms with E-state index in [0.717, 1.165) is 18.4 Å². The number of nitro benzene ring substituents is 1. The van der Waals surface area contributed by atoms with Gasteiger partial charge in [-0.2, -0.15) is 0 Å². The molecule has 0 fully saturated rings. The number of anilines is 1. The Hall–Kier alpha value is -2.96. The predicted molar refractivity (Wildman–Crippen MR) is 93.0 cm³/mol. The Labute approximate surface area is 140 Å². The van der Waals surface area contributed by atoms with E-state index in [4.69, 9.17) is 11.1 Å². The van der Waals surface area contributed by atoms with Crippen molar-refractivity contribution in [3.63, 3.8) is 0 Å². The molecule has 0 spiro atoms. The van der Waals surface area contributed by atoms with Gasteiger partial charge in [0.1, 0.15) is 0 Å². The van der Waals surface area contributed by atoms with E-state index in [1.807, 2.05) is 19.1 Å². The van der Waals surface area contributed by atoms with Crippen molar-refractivity contribution >= 4 is 23.0 Å². The number of nitrogens with zero attached hydrogens (tertiary/aromatic N) is 2. The lowest BCUT2D eigenvalue weighted by molar-refractivity contribution is -0.384. The lowest BCUT2D eigenvalue weighted by Crippen LogP contribution is -2.33. The first-order valence-corrected chi connectivity index (χ1v) is 7.54. The van der Waals surface area contributed by atoms with E-state index < -0.39 is 4.92 Å². The van der Waals surface area contributed by atoms with Gasteiger partial charge in [0.15, 0.2) is 0 Å². The fourth-order valence-electron chi connectivity index (χ4n) is 2.55. The smallest absolute Gasteiger partial charge is 0.270 e. The number of nitrogen functional groups attached to an aromatic ring is 1. The summed E-state index contributed by atoms with van der Waals surface area (Å²) >= 11 is 0. The van der Waals surface area contributed by atoms with E-state index in [9.17, 15) is 14.9 Å². The summed E-state index contributed by atoms with van der Waals surface area (Å²) < 4.78 is 0. The van der Waals surface area contributed by atoms with Crippen molar-refractivity contribution in [3.05, 3.63) is 57.2 Å². The normalized spacial score (nSPS) is 13.8. The Morgan fingerprint density at radius 1 is 1.46 bits per heavy atom. The topological polar surface area (TPSA) is 113 Å². The molecule has 7 heteroatoms. The fourth-order valence-corrected chi connectivity index (χ4v) is 2.55. The number of carbonyl (C=O) groups excluding carboxylic acids is 1. The van der Waals surface area contributed by atoms with Gasteiger partial charge in [0.25, 0.3) is 11.6 Å². The van der Waals surface area contributed by atoms with Crippen LogP contribution in [0, 0.1) is 15.5 Å². The lowest BCUT2D eigenvalue weighted by atomic mass is 9.98. The summed E-state index contributed by atoms with van der Waals surface area (Å²) in [6.45, 7) is 1.95. The number of allylic oxidation sites excluding steroid dienone is 2. The third-order valence-corrected chi connectivity index (χ3v) is 3.98. The molecule has 0 atom stereocenters. The number of benzene rings is 1. The molecule has 3 N–H and O–H groups in total. The van der Waals surface area contributed by atoms with Gasteiger partial charge in [-0.15, -0.1) is 0 Å². The molecule has 0 aromatic heterocycles. The zero-order valence-corrected chi connectivity index (χ0v) is 13.7. The Bertz CT molecular complexity index is 765. The number of rotatable bonds is 5. The minimum Gasteiger partial charge on any atom is -0.398 e. The van der Waals surface area contributed by atoms with Crippen molar-refractivity contribution < 1.29 is 9.72 Å². The van der Waals surface area contributed by atoms with Gasteiger partial charge in [-0.25, -0.2) is 0 Å². The van der Waals surface area contributed by atoms with Crippen molar-refractivity contribution in [2.75, 3.05) is 19.3 Å². The number of amides is 1. The Morgan fingerprint density at radius 2 is 2.17 bits per heavy atom. The first-order valence-electron chi connectivity index (χ1n) is 7.54. The van der Waals surface area contributed by atoms with Crippen LogP contribution in [0.25, 0.3) is 0 Å². The molecule has 1 amide bonds. The first-order chi connectivity index (χ1) is 11.3. The molecule has 1 aliphatic rings. The van der Waals surface area contributed by atoms with Crippen LogP contribution in [0.4, 0.5) is 11.4 Å². The second kappa shape index (κ2) is 7.08. The predicted octanol–water partition coefficient (Wildman–Crippen LogP) is 2.67. The van der Waals surface area contributed by atoms with Crippen LogP contribution in [0.15, 0.2) is 41.5 Å². The van der Waals surface area contributed by atoms with E-state index in [1.165, 1.54) is 23.1 Å². The third kappa shape index (κ3) is 3.68. The van der Waals surface area contributed by atoms with Gasteiger partial charge in [0.05, 0.1) is 17.2 Å². The summed E-state index contributed by atoms with van der Waals surface area (Å²) in [7, 11) is 1.60. The third-order valence-electron chi connectivity index (χ3n) is 3.98. The number of nitrogens with one attached hydrogen (secondary N) is 1. The number of nitrogens with two attached hydrogens (primary N) is 1. The van der Waals surface area contributed by atoms with Gasteiger partial charge in [0, 0.05) is 36.0 Å². The quantitative estimate of drug-likeness (QED) is 0.374. The molecule has 0 saturated carbocycles. The van der Waals surface area contributed by atoms with Crippen LogP contribution in [-0.2, 0) is 4.79 Å². The number of nitro groups is 1. The highest BCUT2D eigenvalue weighted by atomic mass is 16.6. The number of carbonyl (C=O) groups is 1. The molecule has 0 saturated heterocycles. The highest BCUT2D eigenvalue weighted by molar-refractivity contribution is 6.07. The number of hydrogen-bond donors (Lipinski definition) is 2. The molecule has 0 radical (unpaired) electrons.